The van der Waals surface area contributed by atoms with E-state index in [1.807, 2.05) is 18.3 Å². The molecule has 1 heterocycles. The van der Waals surface area contributed by atoms with E-state index < -0.39 is 5.97 Å². The number of anilines is 1. The minimum Gasteiger partial charge on any atom is -0.478 e. The maximum Gasteiger partial charge on any atom is 0.337 e. The van der Waals surface area contributed by atoms with Gasteiger partial charge in [-0.15, -0.1) is 0 Å². The first-order chi connectivity index (χ1) is 8.66. The first-order valence-electron chi connectivity index (χ1n) is 5.41. The van der Waals surface area contributed by atoms with Crippen molar-refractivity contribution >= 4 is 27.6 Å². The lowest BCUT2D eigenvalue weighted by Crippen LogP contribution is -2.13. The number of hydrogen-bond donors (Lipinski definition) is 2. The average Bonchev–Trinajstić information content (AvgIpc) is 2.84. The number of benzene rings is 1. The van der Waals surface area contributed by atoms with Gasteiger partial charge in [-0.2, -0.15) is 5.10 Å². The topological polar surface area (TPSA) is 67.2 Å². The molecule has 0 unspecified atom stereocenters. The predicted molar refractivity (Wildman–Crippen MR) is 71.8 cm³/mol. The Morgan fingerprint density at radius 3 is 3.00 bits per heavy atom. The first kappa shape index (κ1) is 12.6. The van der Waals surface area contributed by atoms with Gasteiger partial charge in [0.1, 0.15) is 0 Å². The molecule has 6 heteroatoms. The Morgan fingerprint density at radius 2 is 2.33 bits per heavy atom. The van der Waals surface area contributed by atoms with E-state index in [9.17, 15) is 4.79 Å². The van der Waals surface area contributed by atoms with E-state index >= 15 is 0 Å². The van der Waals surface area contributed by atoms with Crippen molar-refractivity contribution in [1.82, 2.24) is 9.78 Å². The van der Waals surface area contributed by atoms with Gasteiger partial charge in [0.05, 0.1) is 12.1 Å². The van der Waals surface area contributed by atoms with Gasteiger partial charge in [0.15, 0.2) is 0 Å². The fraction of sp³-hybridized carbons (Fsp3) is 0.167. The molecule has 0 fully saturated rings. The van der Waals surface area contributed by atoms with Crippen molar-refractivity contribution in [3.63, 3.8) is 0 Å². The van der Waals surface area contributed by atoms with Crippen LogP contribution in [0.3, 0.4) is 0 Å². The molecule has 0 bridgehead atoms. The van der Waals surface area contributed by atoms with Crippen LogP contribution >= 0.6 is 15.9 Å². The van der Waals surface area contributed by atoms with E-state index in [1.165, 1.54) is 0 Å². The molecule has 5 nitrogen and oxygen atoms in total. The second kappa shape index (κ2) is 5.68. The summed E-state index contributed by atoms with van der Waals surface area (Å²) in [7, 11) is 0. The smallest absolute Gasteiger partial charge is 0.337 e. The molecule has 0 aliphatic carbocycles. The number of aromatic carboxylic acids is 1. The van der Waals surface area contributed by atoms with Crippen LogP contribution in [0.15, 0.2) is 41.1 Å². The van der Waals surface area contributed by atoms with Crippen LogP contribution in [0.4, 0.5) is 5.69 Å². The van der Waals surface area contributed by atoms with Crippen LogP contribution in [0.5, 0.6) is 0 Å². The normalized spacial score (nSPS) is 10.3. The number of carbonyl (C=O) groups is 1. The molecule has 0 saturated heterocycles. The van der Waals surface area contributed by atoms with Gasteiger partial charge in [0.25, 0.3) is 0 Å². The highest BCUT2D eigenvalue weighted by molar-refractivity contribution is 9.10. The maximum absolute atomic E-state index is 11.1. The zero-order valence-electron chi connectivity index (χ0n) is 9.51. The third kappa shape index (κ3) is 3.10. The van der Waals surface area contributed by atoms with Crippen molar-refractivity contribution in [2.24, 2.45) is 0 Å². The zero-order chi connectivity index (χ0) is 13.0. The van der Waals surface area contributed by atoms with Crippen LogP contribution in [0, 0.1) is 0 Å². The number of carboxylic acids is 1. The molecule has 2 N–H and O–H groups in total. The van der Waals surface area contributed by atoms with Crippen molar-refractivity contribution < 1.29 is 9.90 Å². The summed E-state index contributed by atoms with van der Waals surface area (Å²) < 4.78 is 2.53. The summed E-state index contributed by atoms with van der Waals surface area (Å²) in [6.45, 7) is 1.30. The predicted octanol–water partition coefficient (Wildman–Crippen LogP) is 2.46. The van der Waals surface area contributed by atoms with Crippen LogP contribution < -0.4 is 5.32 Å². The molecule has 2 rings (SSSR count). The Labute approximate surface area is 113 Å². The van der Waals surface area contributed by atoms with E-state index in [0.717, 1.165) is 4.47 Å². The molecule has 0 aliphatic heterocycles. The molecule has 18 heavy (non-hydrogen) atoms. The molecule has 0 atom stereocenters. The van der Waals surface area contributed by atoms with Crippen LogP contribution in [-0.4, -0.2) is 27.4 Å². The van der Waals surface area contributed by atoms with E-state index in [1.54, 1.807) is 23.0 Å². The highest BCUT2D eigenvalue weighted by atomic mass is 79.9. The molecule has 0 amide bonds. The third-order valence-corrected chi connectivity index (χ3v) is 2.92. The quantitative estimate of drug-likeness (QED) is 0.890. The van der Waals surface area contributed by atoms with Gasteiger partial charge < -0.3 is 10.4 Å². The number of nitrogens with one attached hydrogen (secondary N) is 1. The van der Waals surface area contributed by atoms with E-state index in [0.29, 0.717) is 18.8 Å². The van der Waals surface area contributed by atoms with Crippen LogP contribution in [0.25, 0.3) is 0 Å². The third-order valence-electron chi connectivity index (χ3n) is 2.43. The maximum atomic E-state index is 11.1. The lowest BCUT2D eigenvalue weighted by atomic mass is 10.2. The Morgan fingerprint density at radius 1 is 1.50 bits per heavy atom. The van der Waals surface area contributed by atoms with Crippen LogP contribution in [0.2, 0.25) is 0 Å². The molecule has 1 aromatic carbocycles. The summed E-state index contributed by atoms with van der Waals surface area (Å²) in [6.07, 6.45) is 3.57. The second-order valence-corrected chi connectivity index (χ2v) is 4.61. The van der Waals surface area contributed by atoms with Gasteiger partial charge in [-0.25, -0.2) is 4.79 Å². The minimum atomic E-state index is -0.946. The standard InChI is InChI=1S/C12H12BrN3O2/c13-9-2-3-11(10(8-9)12(17)18)14-5-7-16-6-1-4-15-16/h1-4,6,8,14H,5,7H2,(H,17,18). The van der Waals surface area contributed by atoms with E-state index in [4.69, 9.17) is 5.11 Å². The van der Waals surface area contributed by atoms with Gasteiger partial charge in [0.2, 0.25) is 0 Å². The summed E-state index contributed by atoms with van der Waals surface area (Å²) in [6, 6.07) is 6.99. The Balaban J connectivity index is 2.02. The highest BCUT2D eigenvalue weighted by Crippen LogP contribution is 2.20. The van der Waals surface area contributed by atoms with Crippen molar-refractivity contribution in [1.29, 1.82) is 0 Å². The van der Waals surface area contributed by atoms with Crippen LogP contribution in [0.1, 0.15) is 10.4 Å². The Kier molecular flexibility index (Phi) is 3.99. The number of halogens is 1. The Hall–Kier alpha value is -1.82. The van der Waals surface area contributed by atoms with Crippen molar-refractivity contribution in [3.05, 3.63) is 46.7 Å². The number of rotatable bonds is 5. The highest BCUT2D eigenvalue weighted by Gasteiger charge is 2.09. The van der Waals surface area contributed by atoms with Gasteiger partial charge in [-0.3, -0.25) is 4.68 Å². The fourth-order valence-corrected chi connectivity index (χ4v) is 1.95. The first-order valence-corrected chi connectivity index (χ1v) is 6.20. The summed E-state index contributed by atoms with van der Waals surface area (Å²) in [5.41, 5.74) is 0.864. The molecule has 1 aromatic heterocycles. The van der Waals surface area contributed by atoms with Crippen molar-refractivity contribution in [3.8, 4) is 0 Å². The molecular formula is C12H12BrN3O2. The number of nitrogens with zero attached hydrogens (tertiary/aromatic N) is 2. The SMILES string of the molecule is O=C(O)c1cc(Br)ccc1NCCn1cccn1. The average molecular weight is 310 g/mol. The summed E-state index contributed by atoms with van der Waals surface area (Å²) in [5.74, 6) is -0.946. The molecule has 2 aromatic rings. The molecule has 0 spiro atoms. The lowest BCUT2D eigenvalue weighted by Gasteiger charge is -2.10. The van der Waals surface area contributed by atoms with Gasteiger partial charge in [0, 0.05) is 29.1 Å². The molecule has 0 saturated carbocycles. The fourth-order valence-electron chi connectivity index (χ4n) is 1.59. The van der Waals surface area contributed by atoms with Crippen molar-refractivity contribution in [2.45, 2.75) is 6.54 Å². The number of hydrogen-bond acceptors (Lipinski definition) is 3. The molecular weight excluding hydrogens is 298 g/mol. The summed E-state index contributed by atoms with van der Waals surface area (Å²) >= 11 is 3.26. The molecule has 0 radical (unpaired) electrons. The zero-order valence-corrected chi connectivity index (χ0v) is 11.1. The summed E-state index contributed by atoms with van der Waals surface area (Å²) in [5, 5.41) is 16.3. The summed E-state index contributed by atoms with van der Waals surface area (Å²) in [4.78, 5) is 11.1. The second-order valence-electron chi connectivity index (χ2n) is 3.69. The van der Waals surface area contributed by atoms with E-state index in [2.05, 4.69) is 26.3 Å². The molecule has 94 valence electrons. The van der Waals surface area contributed by atoms with Gasteiger partial charge in [-0.05, 0) is 24.3 Å². The van der Waals surface area contributed by atoms with Gasteiger partial charge in [-0.1, -0.05) is 15.9 Å². The van der Waals surface area contributed by atoms with E-state index in [-0.39, 0.29) is 5.56 Å². The number of carboxylic acid groups (broad SMARTS) is 1. The minimum absolute atomic E-state index is 0.254. The van der Waals surface area contributed by atoms with Crippen molar-refractivity contribution in [2.75, 3.05) is 11.9 Å². The largest absolute Gasteiger partial charge is 0.478 e. The Bertz CT molecular complexity index is 540. The van der Waals surface area contributed by atoms with Crippen LogP contribution in [-0.2, 0) is 6.54 Å². The molecule has 0 aliphatic rings. The monoisotopic (exact) mass is 309 g/mol. The lowest BCUT2D eigenvalue weighted by molar-refractivity contribution is 0.0698. The number of aromatic nitrogens is 2. The van der Waals surface area contributed by atoms with Gasteiger partial charge >= 0.3 is 5.97 Å².